The average Bonchev–Trinajstić information content (AvgIpc) is 3.22. The zero-order valence-electron chi connectivity index (χ0n) is 21.6. The lowest BCUT2D eigenvalue weighted by Crippen LogP contribution is -2.53. The van der Waals surface area contributed by atoms with Crippen LogP contribution in [0.15, 0.2) is 10.3 Å². The third kappa shape index (κ3) is 6.67. The summed E-state index contributed by atoms with van der Waals surface area (Å²) >= 11 is 3.44. The normalized spacial score (nSPS) is 18.1. The fourth-order valence-electron chi connectivity index (χ4n) is 4.94. The van der Waals surface area contributed by atoms with Crippen LogP contribution in [0.25, 0.3) is 6.08 Å². The van der Waals surface area contributed by atoms with Crippen LogP contribution in [0.2, 0.25) is 0 Å². The summed E-state index contributed by atoms with van der Waals surface area (Å²) in [5.74, 6) is 0.559. The Kier molecular flexibility index (Phi) is 11.0. The molecule has 0 atom stereocenters. The molecule has 3 aliphatic rings. The summed E-state index contributed by atoms with van der Waals surface area (Å²) < 4.78 is 1.28. The summed E-state index contributed by atoms with van der Waals surface area (Å²) in [4.78, 5) is 31.8. The van der Waals surface area contributed by atoms with Crippen molar-refractivity contribution < 1.29 is 9.59 Å². The molecule has 2 aliphatic carbocycles. The summed E-state index contributed by atoms with van der Waals surface area (Å²) in [6.45, 7) is 12.0. The van der Waals surface area contributed by atoms with Crippen molar-refractivity contribution in [2.75, 3.05) is 45.5 Å². The number of amides is 2. The smallest absolute Gasteiger partial charge is 0.264 e. The molecule has 7 heteroatoms. The first-order chi connectivity index (χ1) is 16.5. The number of rotatable bonds is 8. The second-order valence-electron chi connectivity index (χ2n) is 9.40. The van der Waals surface area contributed by atoms with Crippen LogP contribution in [0.3, 0.4) is 0 Å². The molecule has 0 bridgehead atoms. The molecule has 34 heavy (non-hydrogen) atoms. The number of carbonyl (C=O) groups excluding carboxylic acids is 2. The van der Waals surface area contributed by atoms with E-state index in [1.165, 1.54) is 34.6 Å². The molecule has 4 rings (SSSR count). The third-order valence-electron chi connectivity index (χ3n) is 7.07. The quantitative estimate of drug-likeness (QED) is 0.420. The van der Waals surface area contributed by atoms with Gasteiger partial charge in [0.2, 0.25) is 5.91 Å². The summed E-state index contributed by atoms with van der Waals surface area (Å²) in [5.41, 5.74) is 2.58. The van der Waals surface area contributed by atoms with Crippen LogP contribution < -0.4 is 0 Å². The Morgan fingerprint density at radius 3 is 2.29 bits per heavy atom. The molecule has 2 heterocycles. The number of nitrogens with zero attached hydrogens (tertiary/aromatic N) is 3. The first-order valence-corrected chi connectivity index (χ1v) is 15.2. The Bertz CT molecular complexity index is 833. The molecule has 190 valence electrons. The van der Waals surface area contributed by atoms with E-state index >= 15 is 0 Å². The van der Waals surface area contributed by atoms with Crippen LogP contribution in [-0.4, -0.2) is 78.1 Å². The van der Waals surface area contributed by atoms with Gasteiger partial charge in [-0.05, 0) is 50.3 Å². The summed E-state index contributed by atoms with van der Waals surface area (Å²) in [6.07, 6.45) is 15.4. The predicted molar refractivity (Wildman–Crippen MR) is 146 cm³/mol. The van der Waals surface area contributed by atoms with Crippen LogP contribution in [0.5, 0.6) is 0 Å². The SMILES string of the molecule is CCC(=O)N1CCN(C2CCC2)CC1.CCCN(CCC)C(=O)c1sc(SC)c2c1CCC=C2. The summed E-state index contributed by atoms with van der Waals surface area (Å²) in [5, 5.41) is 0. The van der Waals surface area contributed by atoms with Crippen LogP contribution in [-0.2, 0) is 11.2 Å². The second-order valence-corrected chi connectivity index (χ2v) is 11.5. The first kappa shape index (κ1) is 27.3. The molecule has 1 aliphatic heterocycles. The molecule has 1 saturated heterocycles. The Balaban J connectivity index is 0.000000202. The Morgan fingerprint density at radius 2 is 1.76 bits per heavy atom. The van der Waals surface area contributed by atoms with Crippen molar-refractivity contribution >= 4 is 41.0 Å². The second kappa shape index (κ2) is 13.7. The van der Waals surface area contributed by atoms with Gasteiger partial charge < -0.3 is 9.80 Å². The number of thioether (sulfide) groups is 1. The van der Waals surface area contributed by atoms with E-state index in [1.54, 1.807) is 23.1 Å². The van der Waals surface area contributed by atoms with Gasteiger partial charge in [-0.1, -0.05) is 39.3 Å². The largest absolute Gasteiger partial charge is 0.340 e. The summed E-state index contributed by atoms with van der Waals surface area (Å²) in [7, 11) is 0. The van der Waals surface area contributed by atoms with Crippen LogP contribution in [0.4, 0.5) is 0 Å². The van der Waals surface area contributed by atoms with Gasteiger partial charge in [0.05, 0.1) is 9.09 Å². The molecule has 0 aromatic carbocycles. The number of hydrogen-bond donors (Lipinski definition) is 0. The van der Waals surface area contributed by atoms with E-state index < -0.39 is 0 Å². The van der Waals surface area contributed by atoms with Crippen molar-refractivity contribution in [3.8, 4) is 0 Å². The minimum atomic E-state index is 0.241. The predicted octanol–water partition coefficient (Wildman–Crippen LogP) is 5.78. The van der Waals surface area contributed by atoms with Gasteiger partial charge in [0, 0.05) is 57.3 Å². The maximum Gasteiger partial charge on any atom is 0.264 e. The lowest BCUT2D eigenvalue weighted by atomic mass is 9.91. The maximum absolute atomic E-state index is 12.8. The minimum Gasteiger partial charge on any atom is -0.340 e. The lowest BCUT2D eigenvalue weighted by molar-refractivity contribution is -0.133. The minimum absolute atomic E-state index is 0.241. The van der Waals surface area contributed by atoms with Gasteiger partial charge >= 0.3 is 0 Å². The summed E-state index contributed by atoms with van der Waals surface area (Å²) in [6, 6.07) is 0.842. The van der Waals surface area contributed by atoms with Crippen molar-refractivity contribution in [3.05, 3.63) is 22.1 Å². The topological polar surface area (TPSA) is 43.9 Å². The van der Waals surface area contributed by atoms with E-state index in [0.29, 0.717) is 12.3 Å². The van der Waals surface area contributed by atoms with Crippen LogP contribution in [0, 0.1) is 0 Å². The molecular weight excluding hydrogens is 462 g/mol. The van der Waals surface area contributed by atoms with E-state index in [4.69, 9.17) is 0 Å². The Hall–Kier alpha value is -1.31. The van der Waals surface area contributed by atoms with Crippen LogP contribution >= 0.6 is 23.1 Å². The number of thiophene rings is 1. The van der Waals surface area contributed by atoms with Gasteiger partial charge in [-0.2, -0.15) is 0 Å². The number of fused-ring (bicyclic) bond motifs is 1. The van der Waals surface area contributed by atoms with Gasteiger partial charge in [0.1, 0.15) is 0 Å². The molecule has 5 nitrogen and oxygen atoms in total. The maximum atomic E-state index is 12.8. The fourth-order valence-corrected chi connectivity index (χ4v) is 6.97. The van der Waals surface area contributed by atoms with Gasteiger partial charge in [0.15, 0.2) is 0 Å². The van der Waals surface area contributed by atoms with E-state index in [0.717, 1.165) is 75.9 Å². The monoisotopic (exact) mass is 505 g/mol. The fraction of sp³-hybridized carbons (Fsp3) is 0.704. The zero-order valence-corrected chi connectivity index (χ0v) is 23.2. The Labute approximate surface area is 214 Å². The molecule has 1 saturated carbocycles. The van der Waals surface area contributed by atoms with E-state index in [2.05, 4.69) is 37.2 Å². The molecule has 1 aromatic rings. The van der Waals surface area contributed by atoms with Gasteiger partial charge in [-0.3, -0.25) is 14.5 Å². The molecular formula is C27H43N3O2S2. The van der Waals surface area contributed by atoms with E-state index in [1.807, 2.05) is 16.7 Å². The van der Waals surface area contributed by atoms with Gasteiger partial charge in [-0.15, -0.1) is 23.1 Å². The van der Waals surface area contributed by atoms with Gasteiger partial charge in [-0.25, -0.2) is 0 Å². The third-order valence-corrected chi connectivity index (χ3v) is 9.44. The van der Waals surface area contributed by atoms with Crippen molar-refractivity contribution in [3.63, 3.8) is 0 Å². The van der Waals surface area contributed by atoms with Crippen LogP contribution in [0.1, 0.15) is 86.5 Å². The van der Waals surface area contributed by atoms with E-state index in [-0.39, 0.29) is 5.91 Å². The number of piperazine rings is 1. The highest BCUT2D eigenvalue weighted by atomic mass is 32.2. The van der Waals surface area contributed by atoms with Crippen molar-refractivity contribution in [1.29, 1.82) is 0 Å². The molecule has 0 radical (unpaired) electrons. The number of allylic oxidation sites excluding steroid dienone is 1. The molecule has 2 fully saturated rings. The van der Waals surface area contributed by atoms with Gasteiger partial charge in [0.25, 0.3) is 5.91 Å². The van der Waals surface area contributed by atoms with Crippen molar-refractivity contribution in [2.45, 2.75) is 82.4 Å². The number of hydrogen-bond acceptors (Lipinski definition) is 5. The zero-order chi connectivity index (χ0) is 24.5. The standard InChI is InChI=1S/C16H23NOS2.C11H20N2O/c1-4-10-17(11-5-2)15(18)14-12-8-6-7-9-13(12)16(19-3)20-14;1-2-11(14)13-8-6-12(7-9-13)10-4-3-5-10/h7,9H,4-6,8,10-11H2,1-3H3;10H,2-9H2,1H3. The highest BCUT2D eigenvalue weighted by Gasteiger charge is 2.29. The highest BCUT2D eigenvalue weighted by Crippen LogP contribution is 2.39. The molecule has 1 aromatic heterocycles. The molecule has 0 N–H and O–H groups in total. The lowest BCUT2D eigenvalue weighted by Gasteiger charge is -2.42. The Morgan fingerprint density at radius 1 is 1.09 bits per heavy atom. The molecule has 2 amide bonds. The molecule has 0 spiro atoms. The highest BCUT2D eigenvalue weighted by molar-refractivity contribution is 8.00. The number of carbonyl (C=O) groups is 2. The van der Waals surface area contributed by atoms with Crippen molar-refractivity contribution in [2.24, 2.45) is 0 Å². The average molecular weight is 506 g/mol. The van der Waals surface area contributed by atoms with E-state index in [9.17, 15) is 9.59 Å². The first-order valence-electron chi connectivity index (χ1n) is 13.2. The van der Waals surface area contributed by atoms with Crippen molar-refractivity contribution in [1.82, 2.24) is 14.7 Å². The molecule has 0 unspecified atom stereocenters.